The standard InChI is InChI=1S/C26H32N4O5/c1-4-35-25(31)23-22(27-26(32)28-24(23)18-5-9-20(33-2)10-6-18)17-29-13-15-30(16-14-29)19-7-11-21(34-3)12-8-19/h5-12,24H,4,13-17H2,1-3H3,(H2,27,28,32)/t24-/m0/s1. The molecule has 0 radical (unpaired) electrons. The minimum atomic E-state index is -0.607. The van der Waals surface area contributed by atoms with Gasteiger partial charge in [0, 0.05) is 44.1 Å². The number of carbonyl (C=O) groups excluding carboxylic acids is 2. The van der Waals surface area contributed by atoms with E-state index in [1.165, 1.54) is 0 Å². The van der Waals surface area contributed by atoms with Crippen LogP contribution in [0.15, 0.2) is 59.8 Å². The minimum absolute atomic E-state index is 0.249. The summed E-state index contributed by atoms with van der Waals surface area (Å²) in [5.74, 6) is 1.09. The van der Waals surface area contributed by atoms with E-state index in [1.807, 2.05) is 36.4 Å². The van der Waals surface area contributed by atoms with Gasteiger partial charge >= 0.3 is 12.0 Å². The third-order valence-electron chi connectivity index (χ3n) is 6.29. The van der Waals surface area contributed by atoms with Gasteiger partial charge in [-0.3, -0.25) is 4.90 Å². The van der Waals surface area contributed by atoms with Crippen molar-refractivity contribution in [1.82, 2.24) is 15.5 Å². The zero-order valence-electron chi connectivity index (χ0n) is 20.4. The van der Waals surface area contributed by atoms with Gasteiger partial charge in [0.2, 0.25) is 0 Å². The van der Waals surface area contributed by atoms with E-state index in [9.17, 15) is 9.59 Å². The van der Waals surface area contributed by atoms with E-state index in [1.54, 1.807) is 21.1 Å². The molecule has 2 amide bonds. The molecule has 0 spiro atoms. The Morgan fingerprint density at radius 3 is 2.11 bits per heavy atom. The molecule has 1 fully saturated rings. The van der Waals surface area contributed by atoms with Crippen molar-refractivity contribution in [2.24, 2.45) is 0 Å². The summed E-state index contributed by atoms with van der Waals surface area (Å²) < 4.78 is 15.9. The van der Waals surface area contributed by atoms with Crippen LogP contribution in [0.4, 0.5) is 10.5 Å². The summed E-state index contributed by atoms with van der Waals surface area (Å²) in [6.07, 6.45) is 0. The summed E-state index contributed by atoms with van der Waals surface area (Å²) in [5, 5.41) is 5.74. The molecular formula is C26H32N4O5. The Morgan fingerprint density at radius 1 is 0.943 bits per heavy atom. The molecule has 2 aromatic carbocycles. The average Bonchev–Trinajstić information content (AvgIpc) is 2.89. The molecule has 9 heteroatoms. The molecule has 2 aromatic rings. The van der Waals surface area contributed by atoms with Gasteiger partial charge in [0.15, 0.2) is 0 Å². The highest BCUT2D eigenvalue weighted by molar-refractivity contribution is 5.95. The van der Waals surface area contributed by atoms with Crippen molar-refractivity contribution in [2.45, 2.75) is 13.0 Å². The Hall–Kier alpha value is -3.72. The van der Waals surface area contributed by atoms with Crippen molar-refractivity contribution in [3.63, 3.8) is 0 Å². The summed E-state index contributed by atoms with van der Waals surface area (Å²) in [7, 11) is 3.25. The first-order valence-corrected chi connectivity index (χ1v) is 11.7. The molecule has 1 atom stereocenters. The Labute approximate surface area is 205 Å². The van der Waals surface area contributed by atoms with Crippen LogP contribution in [-0.4, -0.2) is 70.5 Å². The van der Waals surface area contributed by atoms with Gasteiger partial charge in [-0.15, -0.1) is 0 Å². The lowest BCUT2D eigenvalue weighted by atomic mass is 9.94. The van der Waals surface area contributed by atoms with Crippen molar-refractivity contribution < 1.29 is 23.8 Å². The second-order valence-corrected chi connectivity index (χ2v) is 8.38. The van der Waals surface area contributed by atoms with Crippen LogP contribution in [0.2, 0.25) is 0 Å². The number of piperazine rings is 1. The second kappa shape index (κ2) is 11.1. The number of amides is 2. The maximum atomic E-state index is 13.0. The lowest BCUT2D eigenvalue weighted by Gasteiger charge is -2.38. The van der Waals surface area contributed by atoms with E-state index >= 15 is 0 Å². The van der Waals surface area contributed by atoms with Gasteiger partial charge in [-0.05, 0) is 48.9 Å². The van der Waals surface area contributed by atoms with E-state index in [2.05, 4.69) is 32.6 Å². The van der Waals surface area contributed by atoms with E-state index in [-0.39, 0.29) is 12.6 Å². The first kappa shape index (κ1) is 24.4. The summed E-state index contributed by atoms with van der Waals surface area (Å²) in [6, 6.07) is 14.4. The molecule has 2 N–H and O–H groups in total. The van der Waals surface area contributed by atoms with Gasteiger partial charge in [0.1, 0.15) is 11.5 Å². The predicted molar refractivity (Wildman–Crippen MR) is 133 cm³/mol. The van der Waals surface area contributed by atoms with Gasteiger partial charge in [0.05, 0.1) is 32.4 Å². The normalized spacial score (nSPS) is 18.5. The quantitative estimate of drug-likeness (QED) is 0.562. The molecule has 0 bridgehead atoms. The molecule has 4 rings (SSSR count). The molecule has 35 heavy (non-hydrogen) atoms. The summed E-state index contributed by atoms with van der Waals surface area (Å²) in [4.78, 5) is 30.1. The zero-order valence-corrected chi connectivity index (χ0v) is 20.4. The highest BCUT2D eigenvalue weighted by Crippen LogP contribution is 2.30. The van der Waals surface area contributed by atoms with Crippen molar-refractivity contribution in [2.75, 3.05) is 58.5 Å². The SMILES string of the molecule is CCOC(=O)C1=C(CN2CCN(c3ccc(OC)cc3)CC2)NC(=O)N[C@H]1c1ccc(OC)cc1. The largest absolute Gasteiger partial charge is 0.497 e. The van der Waals surface area contributed by atoms with Crippen LogP contribution in [0, 0.1) is 0 Å². The van der Waals surface area contributed by atoms with Gasteiger partial charge < -0.3 is 29.7 Å². The number of hydrogen-bond donors (Lipinski definition) is 2. The second-order valence-electron chi connectivity index (χ2n) is 8.38. The highest BCUT2D eigenvalue weighted by Gasteiger charge is 2.34. The van der Waals surface area contributed by atoms with Crippen LogP contribution in [-0.2, 0) is 9.53 Å². The Morgan fingerprint density at radius 2 is 1.54 bits per heavy atom. The number of nitrogens with one attached hydrogen (secondary N) is 2. The van der Waals surface area contributed by atoms with Gasteiger partial charge in [-0.1, -0.05) is 12.1 Å². The van der Waals surface area contributed by atoms with Crippen LogP contribution in [0.3, 0.4) is 0 Å². The molecule has 1 saturated heterocycles. The topological polar surface area (TPSA) is 92.4 Å². The number of rotatable bonds is 8. The molecule has 186 valence electrons. The summed E-state index contributed by atoms with van der Waals surface area (Å²) in [5.41, 5.74) is 2.93. The van der Waals surface area contributed by atoms with E-state index in [0.29, 0.717) is 23.6 Å². The van der Waals surface area contributed by atoms with Crippen LogP contribution in [0.1, 0.15) is 18.5 Å². The molecule has 0 aromatic heterocycles. The van der Waals surface area contributed by atoms with Crippen molar-refractivity contribution in [3.05, 3.63) is 65.4 Å². The Balaban J connectivity index is 1.52. The van der Waals surface area contributed by atoms with Crippen LogP contribution in [0.5, 0.6) is 11.5 Å². The third kappa shape index (κ3) is 5.68. The number of urea groups is 1. The maximum Gasteiger partial charge on any atom is 0.338 e. The molecule has 2 heterocycles. The first-order valence-electron chi connectivity index (χ1n) is 11.7. The maximum absolute atomic E-state index is 13.0. The lowest BCUT2D eigenvalue weighted by molar-refractivity contribution is -0.139. The number of carbonyl (C=O) groups is 2. The molecule has 0 saturated carbocycles. The van der Waals surface area contributed by atoms with Gasteiger partial charge in [-0.25, -0.2) is 9.59 Å². The van der Waals surface area contributed by atoms with Crippen LogP contribution in [0.25, 0.3) is 0 Å². The van der Waals surface area contributed by atoms with Crippen LogP contribution >= 0.6 is 0 Å². The molecule has 0 unspecified atom stereocenters. The smallest absolute Gasteiger partial charge is 0.338 e. The van der Waals surface area contributed by atoms with Gasteiger partial charge in [0.25, 0.3) is 0 Å². The fourth-order valence-corrected chi connectivity index (χ4v) is 4.42. The number of benzene rings is 2. The summed E-state index contributed by atoms with van der Waals surface area (Å²) in [6.45, 7) is 5.73. The van der Waals surface area contributed by atoms with E-state index in [0.717, 1.165) is 43.2 Å². The van der Waals surface area contributed by atoms with Crippen molar-refractivity contribution in [1.29, 1.82) is 0 Å². The number of methoxy groups -OCH3 is 2. The summed E-state index contributed by atoms with van der Waals surface area (Å²) >= 11 is 0. The molecule has 2 aliphatic rings. The number of anilines is 1. The Kier molecular flexibility index (Phi) is 7.77. The highest BCUT2D eigenvalue weighted by atomic mass is 16.5. The molecule has 0 aliphatic carbocycles. The minimum Gasteiger partial charge on any atom is -0.497 e. The third-order valence-corrected chi connectivity index (χ3v) is 6.29. The number of hydrogen-bond acceptors (Lipinski definition) is 7. The van der Waals surface area contributed by atoms with Gasteiger partial charge in [-0.2, -0.15) is 0 Å². The van der Waals surface area contributed by atoms with Crippen molar-refractivity contribution >= 4 is 17.7 Å². The number of nitrogens with zero attached hydrogens (tertiary/aromatic N) is 2. The predicted octanol–water partition coefficient (Wildman–Crippen LogP) is 2.70. The van der Waals surface area contributed by atoms with E-state index < -0.39 is 12.0 Å². The fraction of sp³-hybridized carbons (Fsp3) is 0.385. The number of ether oxygens (including phenoxy) is 3. The lowest BCUT2D eigenvalue weighted by Crippen LogP contribution is -2.51. The van der Waals surface area contributed by atoms with Crippen LogP contribution < -0.4 is 25.0 Å². The molecule has 2 aliphatic heterocycles. The molecular weight excluding hydrogens is 448 g/mol. The average molecular weight is 481 g/mol. The molecule has 9 nitrogen and oxygen atoms in total. The fourth-order valence-electron chi connectivity index (χ4n) is 4.42. The van der Waals surface area contributed by atoms with E-state index in [4.69, 9.17) is 14.2 Å². The number of esters is 1. The monoisotopic (exact) mass is 480 g/mol. The van der Waals surface area contributed by atoms with Crippen molar-refractivity contribution in [3.8, 4) is 11.5 Å². The zero-order chi connectivity index (χ0) is 24.8. The Bertz CT molecular complexity index is 1060. The first-order chi connectivity index (χ1) is 17.0.